The third-order valence-electron chi connectivity index (χ3n) is 2.07. The Kier molecular flexibility index (Phi) is 1.71. The summed E-state index contributed by atoms with van der Waals surface area (Å²) in [4.78, 5) is 0. The lowest BCUT2D eigenvalue weighted by Gasteiger charge is -2.04. The smallest absolute Gasteiger partial charge is 0.0931 e. The highest BCUT2D eigenvalue weighted by Crippen LogP contribution is 2.36. The van der Waals surface area contributed by atoms with Crippen molar-refractivity contribution in [3.8, 4) is 0 Å². The third-order valence-corrected chi connectivity index (χ3v) is 3.21. The molecule has 1 heterocycles. The minimum Gasteiger partial charge on any atom is -0.325 e. The molecule has 1 fully saturated rings. The maximum Gasteiger partial charge on any atom is 0.0931 e. The van der Waals surface area contributed by atoms with E-state index in [1.54, 1.807) is 11.3 Å². The Bertz CT molecular complexity index is 265. The maximum absolute atomic E-state index is 5.95. The van der Waals surface area contributed by atoms with Crippen molar-refractivity contribution in [3.63, 3.8) is 0 Å². The maximum atomic E-state index is 5.95. The Labute approximate surface area is 75.2 Å². The van der Waals surface area contributed by atoms with Crippen LogP contribution in [-0.2, 0) is 6.42 Å². The first-order valence-electron chi connectivity index (χ1n) is 3.70. The highest BCUT2D eigenvalue weighted by atomic mass is 35.5. The number of nitrogens with two attached hydrogens (primary N) is 1. The lowest BCUT2D eigenvalue weighted by molar-refractivity contribution is 0.674. The van der Waals surface area contributed by atoms with Crippen LogP contribution in [0.15, 0.2) is 11.4 Å². The summed E-state index contributed by atoms with van der Waals surface area (Å²) in [5.74, 6) is 0. The van der Waals surface area contributed by atoms with Crippen LogP contribution < -0.4 is 5.73 Å². The van der Waals surface area contributed by atoms with Gasteiger partial charge in [-0.1, -0.05) is 11.6 Å². The van der Waals surface area contributed by atoms with Gasteiger partial charge in [0.25, 0.3) is 0 Å². The van der Waals surface area contributed by atoms with Gasteiger partial charge in [0.05, 0.1) is 4.34 Å². The normalized spacial score (nSPS) is 20.2. The molecule has 0 bridgehead atoms. The molecule has 1 aromatic heterocycles. The number of halogens is 1. The van der Waals surface area contributed by atoms with Gasteiger partial charge in [0.15, 0.2) is 0 Å². The molecule has 1 aromatic rings. The van der Waals surface area contributed by atoms with Crippen molar-refractivity contribution in [3.05, 3.63) is 21.3 Å². The van der Waals surface area contributed by atoms with Crippen LogP contribution >= 0.6 is 22.9 Å². The van der Waals surface area contributed by atoms with Gasteiger partial charge in [0.1, 0.15) is 0 Å². The fourth-order valence-corrected chi connectivity index (χ4v) is 2.09. The standard InChI is InChI=1S/C8H10ClNS/c9-7-3-6(5-11-7)4-8(10)1-2-8/h3,5H,1-2,4,10H2. The van der Waals surface area contributed by atoms with E-state index < -0.39 is 0 Å². The second kappa shape index (κ2) is 2.47. The summed E-state index contributed by atoms with van der Waals surface area (Å²) < 4.78 is 0.865. The molecule has 0 aromatic carbocycles. The highest BCUT2D eigenvalue weighted by molar-refractivity contribution is 7.14. The van der Waals surface area contributed by atoms with E-state index >= 15 is 0 Å². The fourth-order valence-electron chi connectivity index (χ4n) is 1.18. The molecule has 2 rings (SSSR count). The van der Waals surface area contributed by atoms with Crippen LogP contribution in [0.5, 0.6) is 0 Å². The Morgan fingerprint density at radius 3 is 2.82 bits per heavy atom. The minimum atomic E-state index is 0.115. The molecule has 60 valence electrons. The van der Waals surface area contributed by atoms with Gasteiger partial charge in [-0.25, -0.2) is 0 Å². The van der Waals surface area contributed by atoms with Gasteiger partial charge < -0.3 is 5.73 Å². The molecule has 0 amide bonds. The van der Waals surface area contributed by atoms with Crippen LogP contribution in [0.4, 0.5) is 0 Å². The molecule has 0 unspecified atom stereocenters. The number of hydrogen-bond donors (Lipinski definition) is 1. The van der Waals surface area contributed by atoms with Crippen molar-refractivity contribution in [2.45, 2.75) is 24.8 Å². The van der Waals surface area contributed by atoms with E-state index in [4.69, 9.17) is 17.3 Å². The van der Waals surface area contributed by atoms with E-state index in [2.05, 4.69) is 5.38 Å². The summed E-state index contributed by atoms with van der Waals surface area (Å²) in [5, 5.41) is 2.09. The summed E-state index contributed by atoms with van der Waals surface area (Å²) in [5.41, 5.74) is 7.36. The summed E-state index contributed by atoms with van der Waals surface area (Å²) in [7, 11) is 0. The quantitative estimate of drug-likeness (QED) is 0.757. The Balaban J connectivity index is 2.06. The molecule has 0 spiro atoms. The molecule has 0 saturated heterocycles. The predicted octanol–water partition coefficient (Wildman–Crippen LogP) is 2.44. The third kappa shape index (κ3) is 1.75. The van der Waals surface area contributed by atoms with Gasteiger partial charge in [0, 0.05) is 5.54 Å². The van der Waals surface area contributed by atoms with Crippen LogP contribution in [0, 0.1) is 0 Å². The van der Waals surface area contributed by atoms with E-state index in [-0.39, 0.29) is 5.54 Å². The molecule has 0 atom stereocenters. The summed E-state index contributed by atoms with van der Waals surface area (Å²) in [6.45, 7) is 0. The van der Waals surface area contributed by atoms with E-state index in [0.29, 0.717) is 0 Å². The lowest BCUT2D eigenvalue weighted by atomic mass is 10.1. The first kappa shape index (κ1) is 7.59. The van der Waals surface area contributed by atoms with Gasteiger partial charge in [-0.05, 0) is 36.3 Å². The van der Waals surface area contributed by atoms with Gasteiger partial charge in [-0.2, -0.15) is 0 Å². The molecule has 0 aliphatic heterocycles. The monoisotopic (exact) mass is 187 g/mol. The lowest BCUT2D eigenvalue weighted by Crippen LogP contribution is -2.24. The van der Waals surface area contributed by atoms with Gasteiger partial charge in [0.2, 0.25) is 0 Å². The van der Waals surface area contributed by atoms with Crippen molar-refractivity contribution in [1.82, 2.24) is 0 Å². The van der Waals surface area contributed by atoms with Gasteiger partial charge in [-0.15, -0.1) is 11.3 Å². The molecular formula is C8H10ClNS. The molecule has 3 heteroatoms. The minimum absolute atomic E-state index is 0.115. The Morgan fingerprint density at radius 2 is 2.36 bits per heavy atom. The topological polar surface area (TPSA) is 26.0 Å². The molecular weight excluding hydrogens is 178 g/mol. The average molecular weight is 188 g/mol. The van der Waals surface area contributed by atoms with Crippen molar-refractivity contribution in [2.24, 2.45) is 5.73 Å². The first-order valence-corrected chi connectivity index (χ1v) is 4.96. The fraction of sp³-hybridized carbons (Fsp3) is 0.500. The molecule has 11 heavy (non-hydrogen) atoms. The molecule has 0 radical (unpaired) electrons. The van der Waals surface area contributed by atoms with Crippen molar-refractivity contribution < 1.29 is 0 Å². The van der Waals surface area contributed by atoms with E-state index in [1.165, 1.54) is 18.4 Å². The molecule has 1 aliphatic rings. The SMILES string of the molecule is NC1(Cc2csc(Cl)c2)CC1. The van der Waals surface area contributed by atoms with E-state index in [1.807, 2.05) is 6.07 Å². The zero-order chi connectivity index (χ0) is 7.90. The summed E-state index contributed by atoms with van der Waals surface area (Å²) >= 11 is 7.37. The highest BCUT2D eigenvalue weighted by Gasteiger charge is 2.38. The van der Waals surface area contributed by atoms with Crippen LogP contribution in [0.25, 0.3) is 0 Å². The molecule has 1 nitrogen and oxygen atoms in total. The average Bonchev–Trinajstić information content (AvgIpc) is 2.49. The van der Waals surface area contributed by atoms with Gasteiger partial charge in [-0.3, -0.25) is 0 Å². The zero-order valence-corrected chi connectivity index (χ0v) is 7.71. The van der Waals surface area contributed by atoms with Crippen LogP contribution in [0.3, 0.4) is 0 Å². The van der Waals surface area contributed by atoms with E-state index in [0.717, 1.165) is 10.8 Å². The second-order valence-corrected chi connectivity index (χ2v) is 4.84. The summed E-state index contributed by atoms with van der Waals surface area (Å²) in [6, 6.07) is 2.01. The Hall–Kier alpha value is -0.0500. The Morgan fingerprint density at radius 1 is 1.64 bits per heavy atom. The molecule has 1 saturated carbocycles. The van der Waals surface area contributed by atoms with Crippen LogP contribution in [0.1, 0.15) is 18.4 Å². The van der Waals surface area contributed by atoms with Crippen molar-refractivity contribution >= 4 is 22.9 Å². The first-order chi connectivity index (χ1) is 5.18. The zero-order valence-electron chi connectivity index (χ0n) is 6.14. The van der Waals surface area contributed by atoms with Crippen molar-refractivity contribution in [1.29, 1.82) is 0 Å². The van der Waals surface area contributed by atoms with Crippen LogP contribution in [0.2, 0.25) is 4.34 Å². The van der Waals surface area contributed by atoms with Crippen LogP contribution in [-0.4, -0.2) is 5.54 Å². The largest absolute Gasteiger partial charge is 0.325 e. The number of hydrogen-bond acceptors (Lipinski definition) is 2. The van der Waals surface area contributed by atoms with E-state index in [9.17, 15) is 0 Å². The predicted molar refractivity (Wildman–Crippen MR) is 49.2 cm³/mol. The molecule has 1 aliphatic carbocycles. The molecule has 2 N–H and O–H groups in total. The van der Waals surface area contributed by atoms with Gasteiger partial charge >= 0.3 is 0 Å². The van der Waals surface area contributed by atoms with Crippen molar-refractivity contribution in [2.75, 3.05) is 0 Å². The number of thiophene rings is 1. The number of rotatable bonds is 2. The second-order valence-electron chi connectivity index (χ2n) is 3.30. The summed E-state index contributed by atoms with van der Waals surface area (Å²) in [6.07, 6.45) is 3.33.